The Kier molecular flexibility index (Phi) is 8.93. The number of rotatable bonds is 13. The van der Waals surface area contributed by atoms with E-state index in [1.165, 1.54) is 12.6 Å². The summed E-state index contributed by atoms with van der Waals surface area (Å²) in [4.78, 5) is 8.89. The summed E-state index contributed by atoms with van der Waals surface area (Å²) in [7, 11) is -6.57. The monoisotopic (exact) mass is 553 g/mol. The van der Waals surface area contributed by atoms with Crippen LogP contribution in [0.5, 0.6) is 0 Å². The minimum absolute atomic E-state index is 0.121. The van der Waals surface area contributed by atoms with E-state index in [1.54, 1.807) is 60.8 Å². The molecule has 0 aliphatic rings. The second-order valence-corrected chi connectivity index (χ2v) is 13.2. The summed E-state index contributed by atoms with van der Waals surface area (Å²) in [5, 5.41) is 6.08. The number of sulfone groups is 2. The molecule has 200 valence electrons. The fourth-order valence-corrected chi connectivity index (χ4v) is 5.69. The van der Waals surface area contributed by atoms with Gasteiger partial charge in [0.25, 0.3) is 0 Å². The molecule has 11 heteroatoms. The van der Waals surface area contributed by atoms with Gasteiger partial charge in [0.1, 0.15) is 16.2 Å². The van der Waals surface area contributed by atoms with Gasteiger partial charge in [-0.1, -0.05) is 18.2 Å². The molecule has 9 nitrogen and oxygen atoms in total. The van der Waals surface area contributed by atoms with Crippen molar-refractivity contribution in [1.29, 1.82) is 0 Å². The highest BCUT2D eigenvalue weighted by Crippen LogP contribution is 2.25. The molecule has 1 aromatic heterocycles. The van der Waals surface area contributed by atoms with Crippen LogP contribution in [0.2, 0.25) is 0 Å². The van der Waals surface area contributed by atoms with E-state index in [1.807, 2.05) is 23.2 Å². The third kappa shape index (κ3) is 7.50. The molecule has 0 saturated carbocycles. The lowest BCUT2D eigenvalue weighted by atomic mass is 10.2. The molecule has 0 fully saturated rings. The van der Waals surface area contributed by atoms with Crippen LogP contribution in [0.25, 0.3) is 10.9 Å². The van der Waals surface area contributed by atoms with E-state index in [0.717, 1.165) is 35.1 Å². The van der Waals surface area contributed by atoms with Crippen molar-refractivity contribution in [1.82, 2.24) is 15.3 Å². The van der Waals surface area contributed by atoms with Crippen molar-refractivity contribution < 1.29 is 16.8 Å². The molecule has 0 unspecified atom stereocenters. The van der Waals surface area contributed by atoms with Crippen LogP contribution in [-0.4, -0.2) is 58.4 Å². The van der Waals surface area contributed by atoms with E-state index in [-0.39, 0.29) is 15.5 Å². The second kappa shape index (κ2) is 12.3. The van der Waals surface area contributed by atoms with Gasteiger partial charge in [-0.15, -0.1) is 0 Å². The third-order valence-electron chi connectivity index (χ3n) is 5.92. The van der Waals surface area contributed by atoms with E-state index in [2.05, 4.69) is 20.7 Å². The average molecular weight is 554 g/mol. The number of nitrogens with one attached hydrogen (secondary N) is 2. The van der Waals surface area contributed by atoms with Gasteiger partial charge in [0.05, 0.1) is 32.4 Å². The Bertz CT molecular complexity index is 1560. The maximum absolute atomic E-state index is 12.9. The smallest absolute Gasteiger partial charge is 0.206 e. The predicted octanol–water partition coefficient (Wildman–Crippen LogP) is 3.71. The molecular weight excluding hydrogens is 522 g/mol. The van der Waals surface area contributed by atoms with Gasteiger partial charge < -0.3 is 5.32 Å². The normalized spacial score (nSPS) is 11.9. The Balaban J connectivity index is 1.46. The molecule has 0 spiro atoms. The number of hydrogen-bond acceptors (Lipinski definition) is 9. The minimum Gasteiger partial charge on any atom is -0.316 e. The quantitative estimate of drug-likeness (QED) is 0.188. The lowest BCUT2D eigenvalue weighted by molar-refractivity contribution is 0.591. The largest absolute Gasteiger partial charge is 0.316 e. The van der Waals surface area contributed by atoms with Gasteiger partial charge in [0.2, 0.25) is 9.84 Å². The maximum atomic E-state index is 12.9. The maximum Gasteiger partial charge on any atom is 0.206 e. The lowest BCUT2D eigenvalue weighted by Crippen LogP contribution is -2.31. The molecule has 0 aliphatic carbocycles. The average Bonchev–Trinajstić information content (AvgIpc) is 2.92. The van der Waals surface area contributed by atoms with E-state index in [0.29, 0.717) is 19.6 Å². The summed E-state index contributed by atoms with van der Waals surface area (Å²) in [6, 6.07) is 21.0. The molecule has 3 aromatic carbocycles. The fourth-order valence-electron chi connectivity index (χ4n) is 3.89. The number of hydrogen-bond donors (Lipinski definition) is 2. The summed E-state index contributed by atoms with van der Waals surface area (Å²) in [5.74, 6) is 0.121. The highest BCUT2D eigenvalue weighted by atomic mass is 32.2. The summed E-state index contributed by atoms with van der Waals surface area (Å²) in [5.41, 5.74) is 5.90. The van der Waals surface area contributed by atoms with Gasteiger partial charge in [-0.25, -0.2) is 26.8 Å². The van der Waals surface area contributed by atoms with Crippen molar-refractivity contribution in [3.63, 3.8) is 0 Å². The van der Waals surface area contributed by atoms with E-state index >= 15 is 0 Å². The van der Waals surface area contributed by atoms with Crippen LogP contribution in [0, 0.1) is 0 Å². The zero-order valence-electron chi connectivity index (χ0n) is 21.1. The van der Waals surface area contributed by atoms with Crippen LogP contribution in [0.3, 0.4) is 0 Å². The van der Waals surface area contributed by atoms with Gasteiger partial charge >= 0.3 is 0 Å². The van der Waals surface area contributed by atoms with Crippen molar-refractivity contribution in [3.8, 4) is 0 Å². The van der Waals surface area contributed by atoms with Crippen molar-refractivity contribution in [3.05, 3.63) is 85.3 Å². The van der Waals surface area contributed by atoms with E-state index in [4.69, 9.17) is 0 Å². The number of fused-ring (bicyclic) bond motifs is 1. The number of nitrogens with zero attached hydrogens (tertiary/aromatic N) is 3. The second-order valence-electron chi connectivity index (χ2n) is 8.96. The van der Waals surface area contributed by atoms with Crippen LogP contribution in [-0.2, 0) is 19.7 Å². The number of hydrazine groups is 1. The first-order valence-electron chi connectivity index (χ1n) is 12.2. The van der Waals surface area contributed by atoms with Crippen molar-refractivity contribution in [2.45, 2.75) is 22.6 Å². The van der Waals surface area contributed by atoms with Gasteiger partial charge in [0, 0.05) is 30.9 Å². The fraction of sp³-hybridized carbons (Fsp3) is 0.259. The zero-order chi connectivity index (χ0) is 27.0. The van der Waals surface area contributed by atoms with Gasteiger partial charge in [-0.3, -0.25) is 10.4 Å². The SMILES string of the molecule is CS(=O)(=O)CCNCCCCN(Nc1ccc(S(=O)(=O)c2ccccc2)cc1)c1ccc2ncncc2c1. The third-order valence-corrected chi connectivity index (χ3v) is 8.65. The molecule has 38 heavy (non-hydrogen) atoms. The van der Waals surface area contributed by atoms with Gasteiger partial charge in [-0.05, 0) is 74.0 Å². The Labute approximate surface area is 223 Å². The van der Waals surface area contributed by atoms with Crippen LogP contribution in [0.15, 0.2) is 95.1 Å². The molecule has 0 saturated heterocycles. The Morgan fingerprint density at radius 3 is 2.32 bits per heavy atom. The Morgan fingerprint density at radius 1 is 0.842 bits per heavy atom. The van der Waals surface area contributed by atoms with Crippen LogP contribution in [0.1, 0.15) is 12.8 Å². The number of aromatic nitrogens is 2. The van der Waals surface area contributed by atoms with Crippen LogP contribution < -0.4 is 15.8 Å². The van der Waals surface area contributed by atoms with Crippen molar-refractivity contribution >= 4 is 42.0 Å². The number of benzene rings is 3. The van der Waals surface area contributed by atoms with Crippen molar-refractivity contribution in [2.24, 2.45) is 0 Å². The van der Waals surface area contributed by atoms with Crippen LogP contribution >= 0.6 is 0 Å². The first-order valence-corrected chi connectivity index (χ1v) is 15.8. The molecule has 1 heterocycles. The topological polar surface area (TPSA) is 121 Å². The van der Waals surface area contributed by atoms with Crippen LogP contribution in [0.4, 0.5) is 11.4 Å². The number of unbranched alkanes of at least 4 members (excludes halogenated alkanes) is 1. The van der Waals surface area contributed by atoms with E-state index in [9.17, 15) is 16.8 Å². The molecule has 0 amide bonds. The first-order chi connectivity index (χ1) is 18.2. The summed E-state index contributed by atoms with van der Waals surface area (Å²) >= 11 is 0. The molecule has 4 rings (SSSR count). The predicted molar refractivity (Wildman–Crippen MR) is 151 cm³/mol. The van der Waals surface area contributed by atoms with Gasteiger partial charge in [-0.2, -0.15) is 0 Å². The number of anilines is 2. The highest BCUT2D eigenvalue weighted by Gasteiger charge is 2.17. The van der Waals surface area contributed by atoms with E-state index < -0.39 is 19.7 Å². The standard InChI is InChI=1S/C27H31N5O4S2/c1-37(33,34)18-16-28-15-5-6-17-32(24-11-14-27-22(19-24)20-29-21-30-27)31-23-9-12-26(13-10-23)38(35,36)25-7-3-2-4-8-25/h2-4,7-14,19-21,28,31H,5-6,15-18H2,1H3. The summed E-state index contributed by atoms with van der Waals surface area (Å²) in [6.07, 6.45) is 6.20. The Hall–Kier alpha value is -3.54. The first kappa shape index (κ1) is 27.5. The molecule has 0 bridgehead atoms. The lowest BCUT2D eigenvalue weighted by Gasteiger charge is -2.27. The molecule has 4 aromatic rings. The highest BCUT2D eigenvalue weighted by molar-refractivity contribution is 7.91. The molecule has 0 radical (unpaired) electrons. The molecule has 0 aliphatic heterocycles. The summed E-state index contributed by atoms with van der Waals surface area (Å²) in [6.45, 7) is 1.81. The summed E-state index contributed by atoms with van der Waals surface area (Å²) < 4.78 is 48.4. The molecular formula is C27H31N5O4S2. The molecule has 0 atom stereocenters. The van der Waals surface area contributed by atoms with Gasteiger partial charge in [0.15, 0.2) is 0 Å². The molecule has 2 N–H and O–H groups in total. The Morgan fingerprint density at radius 2 is 1.58 bits per heavy atom. The zero-order valence-corrected chi connectivity index (χ0v) is 22.7. The minimum atomic E-state index is -3.60. The van der Waals surface area contributed by atoms with Crippen molar-refractivity contribution in [2.75, 3.05) is 42.1 Å².